The van der Waals surface area contributed by atoms with Crippen LogP contribution in [0.4, 0.5) is 0 Å². The van der Waals surface area contributed by atoms with Crippen LogP contribution in [0, 0.1) is 0 Å². The van der Waals surface area contributed by atoms with E-state index in [2.05, 4.69) is 4.98 Å². The van der Waals surface area contributed by atoms with E-state index in [1.54, 1.807) is 30.5 Å². The van der Waals surface area contributed by atoms with Crippen LogP contribution in [0.15, 0.2) is 65.2 Å². The highest BCUT2D eigenvalue weighted by molar-refractivity contribution is 6.30. The van der Waals surface area contributed by atoms with Crippen molar-refractivity contribution in [1.29, 1.82) is 0 Å². The largest absolute Gasteiger partial charge is 0.441 e. The molecule has 0 radical (unpaired) electrons. The van der Waals surface area contributed by atoms with E-state index in [1.165, 1.54) is 0 Å². The fraction of sp³-hybridized carbons (Fsp3) is 0.111. The van der Waals surface area contributed by atoms with Crippen molar-refractivity contribution in [2.45, 2.75) is 12.8 Å². The molecule has 0 bridgehead atoms. The monoisotopic (exact) mass is 327 g/mol. The van der Waals surface area contributed by atoms with E-state index in [0.717, 1.165) is 5.56 Å². The summed E-state index contributed by atoms with van der Waals surface area (Å²) in [7, 11) is 0. The number of nitrogens with zero attached hydrogens (tertiary/aromatic N) is 1. The third kappa shape index (κ3) is 4.20. The zero-order valence-electron chi connectivity index (χ0n) is 12.2. The predicted octanol–water partition coefficient (Wildman–Crippen LogP) is 4.53. The summed E-state index contributed by atoms with van der Waals surface area (Å²) in [6, 6.07) is 16.3. The van der Waals surface area contributed by atoms with Crippen LogP contribution in [0.5, 0.6) is 5.75 Å². The maximum absolute atomic E-state index is 11.8. The fourth-order valence-corrected chi connectivity index (χ4v) is 2.18. The number of esters is 1. The molecule has 0 spiro atoms. The number of aryl methyl sites for hydroxylation is 1. The molecule has 3 aromatic rings. The number of hydrogen-bond donors (Lipinski definition) is 0. The van der Waals surface area contributed by atoms with E-state index in [0.29, 0.717) is 28.8 Å². The minimum absolute atomic E-state index is 0.192. The van der Waals surface area contributed by atoms with Gasteiger partial charge in [0.25, 0.3) is 0 Å². The van der Waals surface area contributed by atoms with Crippen molar-refractivity contribution < 1.29 is 13.9 Å². The lowest BCUT2D eigenvalue weighted by molar-refractivity contribution is -0.134. The number of rotatable bonds is 5. The summed E-state index contributed by atoms with van der Waals surface area (Å²) in [5, 5.41) is 0.595. The maximum atomic E-state index is 11.8. The highest BCUT2D eigenvalue weighted by atomic mass is 35.5. The van der Waals surface area contributed by atoms with Gasteiger partial charge in [-0.1, -0.05) is 41.9 Å². The minimum Gasteiger partial charge on any atom is -0.441 e. The van der Waals surface area contributed by atoms with E-state index >= 15 is 0 Å². The standard InChI is InChI=1S/C18H14ClNO3/c19-14-6-8-15(9-7-14)22-18(21)11-10-17-20-12-16(23-17)13-4-2-1-3-5-13/h1-9,12H,10-11H2. The number of benzene rings is 2. The Balaban J connectivity index is 1.55. The number of oxazole rings is 1. The van der Waals surface area contributed by atoms with Gasteiger partial charge in [0.15, 0.2) is 11.7 Å². The molecule has 3 rings (SSSR count). The van der Waals surface area contributed by atoms with Crippen molar-refractivity contribution in [3.63, 3.8) is 0 Å². The van der Waals surface area contributed by atoms with Gasteiger partial charge in [-0.05, 0) is 24.3 Å². The van der Waals surface area contributed by atoms with Crippen LogP contribution in [0.2, 0.25) is 5.02 Å². The molecule has 1 aromatic heterocycles. The maximum Gasteiger partial charge on any atom is 0.311 e. The second kappa shape index (κ2) is 7.11. The molecule has 0 N–H and O–H groups in total. The van der Waals surface area contributed by atoms with Crippen molar-refractivity contribution in [2.75, 3.05) is 0 Å². The zero-order valence-corrected chi connectivity index (χ0v) is 13.0. The van der Waals surface area contributed by atoms with Crippen LogP contribution in [-0.4, -0.2) is 11.0 Å². The minimum atomic E-state index is -0.341. The van der Waals surface area contributed by atoms with Gasteiger partial charge < -0.3 is 9.15 Å². The highest BCUT2D eigenvalue weighted by Crippen LogP contribution is 2.20. The van der Waals surface area contributed by atoms with Gasteiger partial charge in [-0.15, -0.1) is 0 Å². The molecular formula is C18H14ClNO3. The summed E-state index contributed by atoms with van der Waals surface area (Å²) in [6.07, 6.45) is 2.24. The van der Waals surface area contributed by atoms with Crippen LogP contribution in [0.1, 0.15) is 12.3 Å². The molecule has 0 atom stereocenters. The van der Waals surface area contributed by atoms with Crippen molar-refractivity contribution in [3.8, 4) is 17.1 Å². The average molecular weight is 328 g/mol. The number of carbonyl (C=O) groups is 1. The second-order valence-corrected chi connectivity index (χ2v) is 5.35. The first-order valence-electron chi connectivity index (χ1n) is 7.17. The van der Waals surface area contributed by atoms with Crippen LogP contribution in [0.25, 0.3) is 11.3 Å². The van der Waals surface area contributed by atoms with Gasteiger partial charge in [-0.2, -0.15) is 0 Å². The summed E-state index contributed by atoms with van der Waals surface area (Å²) in [5.41, 5.74) is 0.954. The molecule has 0 aliphatic carbocycles. The Bertz CT molecular complexity index is 782. The molecule has 0 saturated carbocycles. The van der Waals surface area contributed by atoms with Crippen LogP contribution in [-0.2, 0) is 11.2 Å². The fourth-order valence-electron chi connectivity index (χ4n) is 2.06. The Kier molecular flexibility index (Phi) is 4.74. The number of halogens is 1. The van der Waals surface area contributed by atoms with Gasteiger partial charge >= 0.3 is 5.97 Å². The molecule has 0 fully saturated rings. The van der Waals surface area contributed by atoms with Crippen LogP contribution in [0.3, 0.4) is 0 Å². The third-order valence-electron chi connectivity index (χ3n) is 3.20. The lowest BCUT2D eigenvalue weighted by Gasteiger charge is -2.03. The Labute approximate surface area is 138 Å². The van der Waals surface area contributed by atoms with E-state index < -0.39 is 0 Å². The number of hydrogen-bond acceptors (Lipinski definition) is 4. The molecule has 2 aromatic carbocycles. The topological polar surface area (TPSA) is 52.3 Å². The quantitative estimate of drug-likeness (QED) is 0.510. The van der Waals surface area contributed by atoms with Crippen LogP contribution >= 0.6 is 11.6 Å². The number of carbonyl (C=O) groups excluding carboxylic acids is 1. The second-order valence-electron chi connectivity index (χ2n) is 4.91. The number of aromatic nitrogens is 1. The number of ether oxygens (including phenoxy) is 1. The molecule has 116 valence electrons. The molecule has 5 heteroatoms. The lowest BCUT2D eigenvalue weighted by atomic mass is 10.2. The van der Waals surface area contributed by atoms with E-state index in [9.17, 15) is 4.79 Å². The Hall–Kier alpha value is -2.59. The molecule has 4 nitrogen and oxygen atoms in total. The van der Waals surface area contributed by atoms with Gasteiger partial charge in [0, 0.05) is 17.0 Å². The Morgan fingerprint density at radius 2 is 1.83 bits per heavy atom. The smallest absolute Gasteiger partial charge is 0.311 e. The average Bonchev–Trinajstić information content (AvgIpc) is 3.05. The molecule has 0 aliphatic rings. The molecule has 0 unspecified atom stereocenters. The highest BCUT2D eigenvalue weighted by Gasteiger charge is 2.10. The summed E-state index contributed by atoms with van der Waals surface area (Å²) < 4.78 is 10.9. The van der Waals surface area contributed by atoms with E-state index in [4.69, 9.17) is 20.8 Å². The molecule has 0 saturated heterocycles. The summed E-state index contributed by atoms with van der Waals surface area (Å²) in [6.45, 7) is 0. The van der Waals surface area contributed by atoms with Gasteiger partial charge in [0.05, 0.1) is 12.6 Å². The Morgan fingerprint density at radius 3 is 2.57 bits per heavy atom. The normalized spacial score (nSPS) is 10.5. The molecule has 1 heterocycles. The van der Waals surface area contributed by atoms with Crippen LogP contribution < -0.4 is 4.74 Å². The zero-order chi connectivity index (χ0) is 16.1. The summed E-state index contributed by atoms with van der Waals surface area (Å²) in [5.74, 6) is 1.33. The van der Waals surface area contributed by atoms with Crippen molar-refractivity contribution in [3.05, 3.63) is 71.7 Å². The molecular weight excluding hydrogens is 314 g/mol. The first-order valence-corrected chi connectivity index (χ1v) is 7.55. The van der Waals surface area contributed by atoms with Gasteiger partial charge in [-0.3, -0.25) is 4.79 Å². The molecule has 0 amide bonds. The summed E-state index contributed by atoms with van der Waals surface area (Å²) >= 11 is 5.78. The first-order chi connectivity index (χ1) is 11.2. The Morgan fingerprint density at radius 1 is 1.09 bits per heavy atom. The SMILES string of the molecule is O=C(CCc1ncc(-c2ccccc2)o1)Oc1ccc(Cl)cc1. The molecule has 0 aliphatic heterocycles. The van der Waals surface area contributed by atoms with Crippen molar-refractivity contribution in [2.24, 2.45) is 0 Å². The van der Waals surface area contributed by atoms with E-state index in [-0.39, 0.29) is 12.4 Å². The van der Waals surface area contributed by atoms with Gasteiger partial charge in [0.1, 0.15) is 5.75 Å². The van der Waals surface area contributed by atoms with Crippen molar-refractivity contribution >= 4 is 17.6 Å². The third-order valence-corrected chi connectivity index (χ3v) is 3.45. The van der Waals surface area contributed by atoms with Crippen molar-refractivity contribution in [1.82, 2.24) is 4.98 Å². The van der Waals surface area contributed by atoms with E-state index in [1.807, 2.05) is 30.3 Å². The molecule has 23 heavy (non-hydrogen) atoms. The van der Waals surface area contributed by atoms with Gasteiger partial charge in [0.2, 0.25) is 0 Å². The first kappa shape index (κ1) is 15.3. The lowest BCUT2D eigenvalue weighted by Crippen LogP contribution is -2.09. The van der Waals surface area contributed by atoms with Gasteiger partial charge in [-0.25, -0.2) is 4.98 Å². The predicted molar refractivity (Wildman–Crippen MR) is 87.3 cm³/mol. The summed E-state index contributed by atoms with van der Waals surface area (Å²) in [4.78, 5) is 16.0.